The van der Waals surface area contributed by atoms with Crippen molar-refractivity contribution in [3.63, 3.8) is 0 Å². The molecular formula is C28H43N5OS. The molecule has 1 fully saturated rings. The number of aromatic nitrogens is 2. The Morgan fingerprint density at radius 3 is 2.31 bits per heavy atom. The van der Waals surface area contributed by atoms with E-state index in [0.29, 0.717) is 18.2 Å². The topological polar surface area (TPSA) is 52.6 Å². The van der Waals surface area contributed by atoms with Crippen LogP contribution in [-0.4, -0.2) is 64.4 Å². The van der Waals surface area contributed by atoms with Gasteiger partial charge in [0.15, 0.2) is 0 Å². The zero-order valence-corrected chi connectivity index (χ0v) is 22.9. The number of hydrogen-bond donors (Lipinski definition) is 1. The minimum atomic E-state index is -0.0124. The maximum absolute atomic E-state index is 13.6. The fourth-order valence-electron chi connectivity index (χ4n) is 4.70. The van der Waals surface area contributed by atoms with Gasteiger partial charge in [-0.2, -0.15) is 0 Å². The molecule has 0 bridgehead atoms. The molecule has 35 heavy (non-hydrogen) atoms. The lowest BCUT2D eigenvalue weighted by Crippen LogP contribution is -2.47. The molecule has 1 aliphatic heterocycles. The van der Waals surface area contributed by atoms with Crippen molar-refractivity contribution >= 4 is 24.4 Å². The van der Waals surface area contributed by atoms with Crippen LogP contribution in [0.15, 0.2) is 41.6 Å². The van der Waals surface area contributed by atoms with Gasteiger partial charge in [0.2, 0.25) is 0 Å². The van der Waals surface area contributed by atoms with Gasteiger partial charge in [-0.05, 0) is 68.3 Å². The third kappa shape index (κ3) is 8.21. The minimum absolute atomic E-state index is 0.0124. The summed E-state index contributed by atoms with van der Waals surface area (Å²) in [6.45, 7) is 14.7. The lowest BCUT2D eigenvalue weighted by Gasteiger charge is -2.38. The number of likely N-dealkylation sites (tertiary alicyclic amines) is 1. The van der Waals surface area contributed by atoms with Crippen molar-refractivity contribution in [1.82, 2.24) is 19.8 Å². The Morgan fingerprint density at radius 2 is 1.77 bits per heavy atom. The molecular weight excluding hydrogens is 454 g/mol. The summed E-state index contributed by atoms with van der Waals surface area (Å²) in [5, 5.41) is 0. The number of carbonyl (C=O) groups is 1. The van der Waals surface area contributed by atoms with Crippen LogP contribution in [0.25, 0.3) is 0 Å². The lowest BCUT2D eigenvalue weighted by molar-refractivity contribution is 0.0540. The Bertz CT molecular complexity index is 889. The summed E-state index contributed by atoms with van der Waals surface area (Å²) in [6.07, 6.45) is 8.98. The van der Waals surface area contributed by atoms with Gasteiger partial charge in [0.05, 0.1) is 0 Å². The van der Waals surface area contributed by atoms with E-state index in [1.807, 2.05) is 17.2 Å². The predicted octanol–water partition coefficient (Wildman–Crippen LogP) is 5.54. The van der Waals surface area contributed by atoms with E-state index in [4.69, 9.17) is 4.98 Å². The van der Waals surface area contributed by atoms with Gasteiger partial charge in [0.1, 0.15) is 11.5 Å². The van der Waals surface area contributed by atoms with Gasteiger partial charge in [-0.3, -0.25) is 4.79 Å². The Morgan fingerprint density at radius 1 is 1.06 bits per heavy atom. The Hall–Kier alpha value is -2.12. The number of carbonyl (C=O) groups excluding carboxylic acids is 1. The molecule has 0 saturated carbocycles. The molecule has 0 spiro atoms. The van der Waals surface area contributed by atoms with Crippen molar-refractivity contribution in [3.05, 3.63) is 47.9 Å². The molecule has 192 valence electrons. The SMILES string of the molecule is CCCN(CCC)c1ccc(CN(C(=O)c2ccc(S)cn2)C2CCN(CCC(C)C)CC2)cn1. The fourth-order valence-corrected chi connectivity index (χ4v) is 4.83. The van der Waals surface area contributed by atoms with Crippen molar-refractivity contribution in [2.45, 2.75) is 77.3 Å². The molecule has 0 atom stereocenters. The summed E-state index contributed by atoms with van der Waals surface area (Å²) in [5.74, 6) is 1.72. The maximum atomic E-state index is 13.6. The van der Waals surface area contributed by atoms with Crippen LogP contribution in [0, 0.1) is 5.92 Å². The van der Waals surface area contributed by atoms with E-state index in [9.17, 15) is 4.79 Å². The number of nitrogens with zero attached hydrogens (tertiary/aromatic N) is 5. The summed E-state index contributed by atoms with van der Waals surface area (Å²) < 4.78 is 0. The van der Waals surface area contributed by atoms with Crippen molar-refractivity contribution in [1.29, 1.82) is 0 Å². The van der Waals surface area contributed by atoms with Crippen LogP contribution >= 0.6 is 12.6 Å². The Kier molecular flexibility index (Phi) is 10.9. The maximum Gasteiger partial charge on any atom is 0.272 e. The molecule has 6 nitrogen and oxygen atoms in total. The second-order valence-corrected chi connectivity index (χ2v) is 10.6. The van der Waals surface area contributed by atoms with Gasteiger partial charge in [-0.25, -0.2) is 9.97 Å². The van der Waals surface area contributed by atoms with Gasteiger partial charge in [0, 0.05) is 56.1 Å². The fraction of sp³-hybridized carbons (Fsp3) is 0.607. The van der Waals surface area contributed by atoms with Crippen molar-refractivity contribution in [2.24, 2.45) is 5.92 Å². The molecule has 3 rings (SSSR count). The largest absolute Gasteiger partial charge is 0.357 e. The zero-order valence-electron chi connectivity index (χ0n) is 22.0. The van der Waals surface area contributed by atoms with Gasteiger partial charge in [-0.1, -0.05) is 33.8 Å². The van der Waals surface area contributed by atoms with Crippen LogP contribution in [0.2, 0.25) is 0 Å². The number of rotatable bonds is 12. The summed E-state index contributed by atoms with van der Waals surface area (Å²) in [6, 6.07) is 8.05. The highest BCUT2D eigenvalue weighted by Crippen LogP contribution is 2.23. The first-order valence-electron chi connectivity index (χ1n) is 13.3. The molecule has 1 saturated heterocycles. The molecule has 0 aromatic carbocycles. The lowest BCUT2D eigenvalue weighted by atomic mass is 10.0. The standard InChI is InChI=1S/C28H43N5OS/c1-5-14-32(15-6-2)27-10-7-23(19-30-27)21-33(28(34)26-9-8-25(35)20-29-26)24-12-17-31(18-13-24)16-11-22(3)4/h7-10,19-20,22,24,35H,5-6,11-18,21H2,1-4H3. The quantitative estimate of drug-likeness (QED) is 0.390. The molecule has 7 heteroatoms. The molecule has 0 N–H and O–H groups in total. The van der Waals surface area contributed by atoms with Crippen LogP contribution in [0.5, 0.6) is 0 Å². The van der Waals surface area contributed by atoms with Crippen LogP contribution in [0.4, 0.5) is 5.82 Å². The average Bonchev–Trinajstić information content (AvgIpc) is 2.87. The molecule has 1 amide bonds. The highest BCUT2D eigenvalue weighted by atomic mass is 32.1. The molecule has 0 radical (unpaired) electrons. The average molecular weight is 498 g/mol. The number of amides is 1. The monoisotopic (exact) mass is 497 g/mol. The van der Waals surface area contributed by atoms with E-state index in [1.165, 1.54) is 6.42 Å². The van der Waals surface area contributed by atoms with E-state index >= 15 is 0 Å². The van der Waals surface area contributed by atoms with Crippen molar-refractivity contribution < 1.29 is 4.79 Å². The van der Waals surface area contributed by atoms with Gasteiger partial charge < -0.3 is 14.7 Å². The number of piperidine rings is 1. The highest BCUT2D eigenvalue weighted by molar-refractivity contribution is 7.80. The second kappa shape index (κ2) is 13.8. The van der Waals surface area contributed by atoms with Crippen LogP contribution in [-0.2, 0) is 6.54 Å². The molecule has 3 heterocycles. The first-order chi connectivity index (χ1) is 16.9. The van der Waals surface area contributed by atoms with Crippen molar-refractivity contribution in [2.75, 3.05) is 37.6 Å². The highest BCUT2D eigenvalue weighted by Gasteiger charge is 2.29. The van der Waals surface area contributed by atoms with Crippen molar-refractivity contribution in [3.8, 4) is 0 Å². The minimum Gasteiger partial charge on any atom is -0.357 e. The third-order valence-electron chi connectivity index (χ3n) is 6.72. The number of anilines is 1. The summed E-state index contributed by atoms with van der Waals surface area (Å²) in [5.41, 5.74) is 1.54. The summed E-state index contributed by atoms with van der Waals surface area (Å²) in [4.78, 5) is 30.4. The summed E-state index contributed by atoms with van der Waals surface area (Å²) >= 11 is 4.33. The van der Waals surface area contributed by atoms with E-state index in [-0.39, 0.29) is 11.9 Å². The molecule has 2 aromatic heterocycles. The Labute approximate surface area is 217 Å². The van der Waals surface area contributed by atoms with Gasteiger partial charge in [0.25, 0.3) is 5.91 Å². The molecule has 0 aliphatic carbocycles. The Balaban J connectivity index is 1.74. The van der Waals surface area contributed by atoms with E-state index in [0.717, 1.165) is 74.7 Å². The smallest absolute Gasteiger partial charge is 0.272 e. The van der Waals surface area contributed by atoms with Crippen LogP contribution in [0.1, 0.15) is 75.9 Å². The predicted molar refractivity (Wildman–Crippen MR) is 147 cm³/mol. The van der Waals surface area contributed by atoms with E-state index in [2.05, 4.69) is 67.2 Å². The first kappa shape index (κ1) is 27.5. The second-order valence-electron chi connectivity index (χ2n) is 10.1. The third-order valence-corrected chi connectivity index (χ3v) is 6.99. The number of pyridine rings is 2. The van der Waals surface area contributed by atoms with Gasteiger partial charge in [-0.15, -0.1) is 12.6 Å². The van der Waals surface area contributed by atoms with Gasteiger partial charge >= 0.3 is 0 Å². The van der Waals surface area contributed by atoms with Crippen LogP contribution in [0.3, 0.4) is 0 Å². The molecule has 2 aromatic rings. The van der Waals surface area contributed by atoms with E-state index < -0.39 is 0 Å². The summed E-state index contributed by atoms with van der Waals surface area (Å²) in [7, 11) is 0. The molecule has 1 aliphatic rings. The van der Waals surface area contributed by atoms with Crippen LogP contribution < -0.4 is 4.90 Å². The number of hydrogen-bond acceptors (Lipinski definition) is 6. The first-order valence-corrected chi connectivity index (χ1v) is 13.7. The zero-order chi connectivity index (χ0) is 25.2. The normalized spacial score (nSPS) is 14.9. The number of thiol groups is 1. The molecule has 0 unspecified atom stereocenters. The van der Waals surface area contributed by atoms with E-state index in [1.54, 1.807) is 12.3 Å².